The third-order valence-corrected chi connectivity index (χ3v) is 3.56. The zero-order valence-corrected chi connectivity index (χ0v) is 14.1. The van der Waals surface area contributed by atoms with Crippen molar-refractivity contribution in [2.45, 2.75) is 46.1 Å². The van der Waals surface area contributed by atoms with Crippen LogP contribution in [0.5, 0.6) is 0 Å². The molecule has 106 valence electrons. The Hall–Kier alpha value is -0.830. The van der Waals surface area contributed by atoms with E-state index in [0.29, 0.717) is 0 Å². The second-order valence-corrected chi connectivity index (χ2v) is 6.90. The van der Waals surface area contributed by atoms with Crippen molar-refractivity contribution < 1.29 is 4.79 Å². The zero-order chi connectivity index (χ0) is 14.6. The molecule has 3 heteroatoms. The van der Waals surface area contributed by atoms with E-state index in [0.717, 1.165) is 17.4 Å². The van der Waals surface area contributed by atoms with Crippen LogP contribution >= 0.6 is 15.9 Å². The molecule has 0 saturated carbocycles. The first-order chi connectivity index (χ1) is 8.77. The Morgan fingerprint density at radius 3 is 2.11 bits per heavy atom. The molecule has 2 nitrogen and oxygen atoms in total. The number of hydrogen-bond donors (Lipinski definition) is 0. The molecule has 0 atom stereocenters. The second-order valence-electron chi connectivity index (χ2n) is 6.11. The predicted octanol–water partition coefficient (Wildman–Crippen LogP) is 4.23. The molecule has 0 aliphatic rings. The van der Waals surface area contributed by atoms with Crippen LogP contribution in [-0.4, -0.2) is 28.7 Å². The smallest absolute Gasteiger partial charge is 0.254 e. The number of rotatable bonds is 4. The lowest BCUT2D eigenvalue weighted by molar-refractivity contribution is 0.0719. The van der Waals surface area contributed by atoms with E-state index in [-0.39, 0.29) is 17.4 Å². The first kappa shape index (κ1) is 16.2. The molecule has 0 aliphatic carbocycles. The van der Waals surface area contributed by atoms with Crippen molar-refractivity contribution in [3.8, 4) is 0 Å². The fraction of sp³-hybridized carbons (Fsp3) is 0.562. The molecule has 1 rings (SSSR count). The summed E-state index contributed by atoms with van der Waals surface area (Å²) in [7, 11) is 0. The summed E-state index contributed by atoms with van der Waals surface area (Å²) in [6, 6.07) is 8.20. The van der Waals surface area contributed by atoms with Gasteiger partial charge < -0.3 is 4.90 Å². The Balaban J connectivity index is 2.94. The van der Waals surface area contributed by atoms with Crippen molar-refractivity contribution in [1.29, 1.82) is 0 Å². The van der Waals surface area contributed by atoms with E-state index in [2.05, 4.69) is 48.8 Å². The monoisotopic (exact) mass is 325 g/mol. The van der Waals surface area contributed by atoms with Crippen molar-refractivity contribution in [3.63, 3.8) is 0 Å². The van der Waals surface area contributed by atoms with Gasteiger partial charge in [0.15, 0.2) is 0 Å². The van der Waals surface area contributed by atoms with Crippen LogP contribution in [0.2, 0.25) is 0 Å². The van der Waals surface area contributed by atoms with Gasteiger partial charge in [-0.25, -0.2) is 0 Å². The molecular formula is C16H24BrNO. The van der Waals surface area contributed by atoms with E-state index in [9.17, 15) is 4.79 Å². The van der Waals surface area contributed by atoms with Crippen LogP contribution in [-0.2, 0) is 5.41 Å². The van der Waals surface area contributed by atoms with Crippen LogP contribution in [0.15, 0.2) is 24.3 Å². The molecule has 0 radical (unpaired) electrons. The molecule has 1 aromatic rings. The van der Waals surface area contributed by atoms with Crippen molar-refractivity contribution in [3.05, 3.63) is 35.4 Å². The third kappa shape index (κ3) is 4.34. The minimum Gasteiger partial charge on any atom is -0.335 e. The molecule has 0 fully saturated rings. The van der Waals surface area contributed by atoms with Gasteiger partial charge in [-0.2, -0.15) is 0 Å². The van der Waals surface area contributed by atoms with Crippen LogP contribution < -0.4 is 0 Å². The van der Waals surface area contributed by atoms with Crippen molar-refractivity contribution >= 4 is 21.8 Å². The average molecular weight is 326 g/mol. The van der Waals surface area contributed by atoms with Crippen molar-refractivity contribution in [2.24, 2.45) is 0 Å². The number of amides is 1. The van der Waals surface area contributed by atoms with Gasteiger partial charge >= 0.3 is 0 Å². The summed E-state index contributed by atoms with van der Waals surface area (Å²) in [5.41, 5.74) is 2.14. The number of carbonyl (C=O) groups excluding carboxylic acids is 1. The summed E-state index contributed by atoms with van der Waals surface area (Å²) < 4.78 is 0. The SMILES string of the molecule is CC(C)N(CCBr)C(=O)c1ccc(C(C)(C)C)cc1. The van der Waals surface area contributed by atoms with E-state index >= 15 is 0 Å². The Morgan fingerprint density at radius 2 is 1.74 bits per heavy atom. The van der Waals surface area contributed by atoms with Crippen LogP contribution in [0.1, 0.15) is 50.5 Å². The lowest BCUT2D eigenvalue weighted by atomic mass is 9.86. The minimum absolute atomic E-state index is 0.106. The fourth-order valence-corrected chi connectivity index (χ4v) is 2.35. The van der Waals surface area contributed by atoms with Crippen LogP contribution in [0.3, 0.4) is 0 Å². The van der Waals surface area contributed by atoms with E-state index in [4.69, 9.17) is 0 Å². The summed E-state index contributed by atoms with van der Waals surface area (Å²) >= 11 is 3.40. The van der Waals surface area contributed by atoms with Gasteiger partial charge in [0.1, 0.15) is 0 Å². The number of benzene rings is 1. The average Bonchev–Trinajstić information content (AvgIpc) is 2.34. The molecule has 0 spiro atoms. The number of halogens is 1. The summed E-state index contributed by atoms with van der Waals surface area (Å²) in [5, 5.41) is 0.803. The lowest BCUT2D eigenvalue weighted by Gasteiger charge is -2.26. The largest absolute Gasteiger partial charge is 0.335 e. The van der Waals surface area contributed by atoms with Gasteiger partial charge in [-0.05, 0) is 37.0 Å². The first-order valence-electron chi connectivity index (χ1n) is 6.75. The Morgan fingerprint density at radius 1 is 1.21 bits per heavy atom. The maximum Gasteiger partial charge on any atom is 0.254 e. The Bertz CT molecular complexity index is 417. The van der Waals surface area contributed by atoms with Crippen LogP contribution in [0.25, 0.3) is 0 Å². The molecular weight excluding hydrogens is 302 g/mol. The molecule has 0 aromatic heterocycles. The molecule has 0 bridgehead atoms. The second kappa shape index (κ2) is 6.56. The Labute approximate surface area is 125 Å². The van der Waals surface area contributed by atoms with E-state index in [1.54, 1.807) is 0 Å². The fourth-order valence-electron chi connectivity index (χ4n) is 1.96. The molecule has 1 aromatic carbocycles. The van der Waals surface area contributed by atoms with Gasteiger partial charge in [0.2, 0.25) is 0 Å². The van der Waals surface area contributed by atoms with Crippen LogP contribution in [0.4, 0.5) is 0 Å². The highest BCUT2D eigenvalue weighted by molar-refractivity contribution is 9.09. The topological polar surface area (TPSA) is 20.3 Å². The summed E-state index contributed by atoms with van der Waals surface area (Å²) in [6.45, 7) is 11.4. The molecule has 19 heavy (non-hydrogen) atoms. The predicted molar refractivity (Wildman–Crippen MR) is 85.1 cm³/mol. The normalized spacial score (nSPS) is 11.7. The molecule has 0 aliphatic heterocycles. The number of hydrogen-bond acceptors (Lipinski definition) is 1. The quantitative estimate of drug-likeness (QED) is 0.758. The zero-order valence-electron chi connectivity index (χ0n) is 12.5. The van der Waals surface area contributed by atoms with Gasteiger partial charge in [-0.15, -0.1) is 0 Å². The number of nitrogens with zero attached hydrogens (tertiary/aromatic N) is 1. The van der Waals surface area contributed by atoms with Gasteiger partial charge in [0.25, 0.3) is 5.91 Å². The highest BCUT2D eigenvalue weighted by Gasteiger charge is 2.19. The van der Waals surface area contributed by atoms with E-state index in [1.807, 2.05) is 30.9 Å². The van der Waals surface area contributed by atoms with Crippen LogP contribution in [0, 0.1) is 0 Å². The van der Waals surface area contributed by atoms with Crippen molar-refractivity contribution in [1.82, 2.24) is 4.90 Å². The van der Waals surface area contributed by atoms with Gasteiger partial charge in [0, 0.05) is 23.5 Å². The number of alkyl halides is 1. The standard InChI is InChI=1S/C16H24BrNO/c1-12(2)18(11-10-17)15(19)13-6-8-14(9-7-13)16(3,4)5/h6-9,12H,10-11H2,1-5H3. The highest BCUT2D eigenvalue weighted by Crippen LogP contribution is 2.22. The summed E-state index contributed by atoms with van der Waals surface area (Å²) in [5.74, 6) is 0.106. The summed E-state index contributed by atoms with van der Waals surface area (Å²) in [6.07, 6.45) is 0. The van der Waals surface area contributed by atoms with Crippen molar-refractivity contribution in [2.75, 3.05) is 11.9 Å². The van der Waals surface area contributed by atoms with E-state index in [1.165, 1.54) is 5.56 Å². The van der Waals surface area contributed by atoms with Gasteiger partial charge in [-0.3, -0.25) is 4.79 Å². The van der Waals surface area contributed by atoms with Gasteiger partial charge in [0.05, 0.1) is 0 Å². The molecule has 0 saturated heterocycles. The molecule has 0 unspecified atom stereocenters. The Kier molecular flexibility index (Phi) is 5.60. The lowest BCUT2D eigenvalue weighted by Crippen LogP contribution is -2.38. The molecule has 0 N–H and O–H groups in total. The molecule has 1 amide bonds. The highest BCUT2D eigenvalue weighted by atomic mass is 79.9. The maximum atomic E-state index is 12.4. The van der Waals surface area contributed by atoms with E-state index < -0.39 is 0 Å². The molecule has 0 heterocycles. The number of carbonyl (C=O) groups is 1. The van der Waals surface area contributed by atoms with Gasteiger partial charge in [-0.1, -0.05) is 48.8 Å². The minimum atomic E-state index is 0.106. The maximum absolute atomic E-state index is 12.4. The summed E-state index contributed by atoms with van der Waals surface area (Å²) in [4.78, 5) is 14.3. The third-order valence-electron chi connectivity index (χ3n) is 3.21. The first-order valence-corrected chi connectivity index (χ1v) is 7.87.